The van der Waals surface area contributed by atoms with E-state index in [1.165, 1.54) is 0 Å². The molecule has 0 saturated heterocycles. The second-order valence-electron chi connectivity index (χ2n) is 3.91. The fourth-order valence-corrected chi connectivity index (χ4v) is 1.44. The van der Waals surface area contributed by atoms with Gasteiger partial charge in [0, 0.05) is 23.9 Å². The van der Waals surface area contributed by atoms with E-state index in [1.54, 1.807) is 30.5 Å². The second-order valence-corrected chi connectivity index (χ2v) is 3.91. The number of rotatable bonds is 3. The molecule has 1 N–H and O–H groups in total. The minimum absolute atomic E-state index is 0.265. The van der Waals surface area contributed by atoms with Gasteiger partial charge in [0.2, 0.25) is 0 Å². The van der Waals surface area contributed by atoms with Crippen LogP contribution in [0.3, 0.4) is 0 Å². The standard InChI is InChI=1S/C14H12N2O2/c1-16-8-6-11(7-9-16)10-15-13-4-2-12(3-5-13)14(17)18/h2-10H,1H3/p+1. The lowest BCUT2D eigenvalue weighted by Gasteiger charge is -1.95. The van der Waals surface area contributed by atoms with E-state index < -0.39 is 5.97 Å². The Hall–Kier alpha value is -2.49. The normalized spacial score (nSPS) is 10.7. The zero-order chi connectivity index (χ0) is 13.0. The number of aryl methyl sites for hydroxylation is 1. The van der Waals surface area contributed by atoms with E-state index in [0.717, 1.165) is 11.3 Å². The van der Waals surface area contributed by atoms with Gasteiger partial charge < -0.3 is 5.11 Å². The number of hydrogen-bond acceptors (Lipinski definition) is 2. The fraction of sp³-hybridized carbons (Fsp3) is 0.0714. The summed E-state index contributed by atoms with van der Waals surface area (Å²) in [4.78, 5) is 15.0. The van der Waals surface area contributed by atoms with Crippen LogP contribution in [-0.4, -0.2) is 17.3 Å². The highest BCUT2D eigenvalue weighted by Crippen LogP contribution is 2.12. The Morgan fingerprint density at radius 2 is 1.78 bits per heavy atom. The number of aromatic nitrogens is 1. The number of carboxylic acid groups (broad SMARTS) is 1. The highest BCUT2D eigenvalue weighted by Gasteiger charge is 2.00. The van der Waals surface area contributed by atoms with Gasteiger partial charge >= 0.3 is 5.97 Å². The number of carboxylic acids is 1. The molecule has 0 spiro atoms. The van der Waals surface area contributed by atoms with Crippen LogP contribution >= 0.6 is 0 Å². The maximum absolute atomic E-state index is 10.7. The molecule has 1 aromatic carbocycles. The summed E-state index contributed by atoms with van der Waals surface area (Å²) in [5.74, 6) is -0.930. The first-order valence-electron chi connectivity index (χ1n) is 5.48. The molecule has 0 unspecified atom stereocenters. The van der Waals surface area contributed by atoms with Gasteiger partial charge in [-0.3, -0.25) is 4.99 Å². The summed E-state index contributed by atoms with van der Waals surface area (Å²) >= 11 is 0. The predicted molar refractivity (Wildman–Crippen MR) is 68.3 cm³/mol. The van der Waals surface area contributed by atoms with E-state index >= 15 is 0 Å². The van der Waals surface area contributed by atoms with Gasteiger partial charge in [0.15, 0.2) is 12.4 Å². The maximum Gasteiger partial charge on any atom is 0.335 e. The van der Waals surface area contributed by atoms with Crippen LogP contribution in [0.1, 0.15) is 15.9 Å². The first-order chi connectivity index (χ1) is 8.65. The van der Waals surface area contributed by atoms with Gasteiger partial charge in [0.1, 0.15) is 7.05 Å². The summed E-state index contributed by atoms with van der Waals surface area (Å²) in [5.41, 5.74) is 1.99. The van der Waals surface area contributed by atoms with Crippen molar-refractivity contribution in [3.63, 3.8) is 0 Å². The van der Waals surface area contributed by atoms with Crippen molar-refractivity contribution in [2.75, 3.05) is 0 Å². The Morgan fingerprint density at radius 3 is 2.33 bits per heavy atom. The van der Waals surface area contributed by atoms with Crippen molar-refractivity contribution in [3.8, 4) is 0 Å². The van der Waals surface area contributed by atoms with Gasteiger partial charge in [-0.05, 0) is 24.3 Å². The van der Waals surface area contributed by atoms with Crippen molar-refractivity contribution in [3.05, 3.63) is 59.9 Å². The molecule has 18 heavy (non-hydrogen) atoms. The van der Waals surface area contributed by atoms with E-state index in [4.69, 9.17) is 5.11 Å². The van der Waals surface area contributed by atoms with Crippen LogP contribution < -0.4 is 4.57 Å². The quantitative estimate of drug-likeness (QED) is 0.659. The number of carbonyl (C=O) groups is 1. The average molecular weight is 241 g/mol. The summed E-state index contributed by atoms with van der Waals surface area (Å²) in [6.07, 6.45) is 5.62. The van der Waals surface area contributed by atoms with Gasteiger partial charge in [-0.1, -0.05) is 0 Å². The van der Waals surface area contributed by atoms with E-state index in [2.05, 4.69) is 4.99 Å². The van der Waals surface area contributed by atoms with Gasteiger partial charge in [-0.15, -0.1) is 0 Å². The monoisotopic (exact) mass is 241 g/mol. The smallest absolute Gasteiger partial charge is 0.335 e. The van der Waals surface area contributed by atoms with Crippen molar-refractivity contribution >= 4 is 17.9 Å². The summed E-state index contributed by atoms with van der Waals surface area (Å²) in [6, 6.07) is 10.4. The summed E-state index contributed by atoms with van der Waals surface area (Å²) in [5, 5.41) is 8.77. The van der Waals surface area contributed by atoms with Crippen molar-refractivity contribution in [1.29, 1.82) is 0 Å². The van der Waals surface area contributed by atoms with Gasteiger partial charge in [0.05, 0.1) is 11.3 Å². The SMILES string of the molecule is C[n+]1ccc(C=Nc2ccc(C(=O)O)cc2)cc1. The lowest BCUT2D eigenvalue weighted by molar-refractivity contribution is -0.671. The molecule has 4 nitrogen and oxygen atoms in total. The first-order valence-corrected chi connectivity index (χ1v) is 5.48. The van der Waals surface area contributed by atoms with E-state index in [1.807, 2.05) is 36.1 Å². The number of hydrogen-bond donors (Lipinski definition) is 1. The molecule has 2 aromatic rings. The lowest BCUT2D eigenvalue weighted by Crippen LogP contribution is -2.25. The third kappa shape index (κ3) is 3.01. The second kappa shape index (κ2) is 5.23. The lowest BCUT2D eigenvalue weighted by atomic mass is 10.2. The van der Waals surface area contributed by atoms with E-state index in [9.17, 15) is 4.79 Å². The molecule has 0 bridgehead atoms. The Kier molecular flexibility index (Phi) is 3.48. The molecule has 0 aliphatic rings. The Labute approximate surface area is 105 Å². The molecule has 0 aliphatic carbocycles. The van der Waals surface area contributed by atoms with Crippen LogP contribution in [0.2, 0.25) is 0 Å². The number of aliphatic imine (C=N–C) groups is 1. The van der Waals surface area contributed by atoms with Crippen molar-refractivity contribution < 1.29 is 14.5 Å². The van der Waals surface area contributed by atoms with Gasteiger partial charge in [-0.25, -0.2) is 9.36 Å². The van der Waals surface area contributed by atoms with Crippen LogP contribution in [0, 0.1) is 0 Å². The highest BCUT2D eigenvalue weighted by atomic mass is 16.4. The van der Waals surface area contributed by atoms with Crippen LogP contribution in [0.4, 0.5) is 5.69 Å². The number of aromatic carboxylic acids is 1. The van der Waals surface area contributed by atoms with Crippen LogP contribution in [0.5, 0.6) is 0 Å². The van der Waals surface area contributed by atoms with Crippen molar-refractivity contribution in [2.24, 2.45) is 12.0 Å². The minimum Gasteiger partial charge on any atom is -0.478 e. The molecule has 0 atom stereocenters. The molecular formula is C14H13N2O2+. The predicted octanol–water partition coefficient (Wildman–Crippen LogP) is 1.96. The molecule has 0 radical (unpaired) electrons. The average Bonchev–Trinajstić information content (AvgIpc) is 2.38. The van der Waals surface area contributed by atoms with E-state index in [-0.39, 0.29) is 5.56 Å². The Balaban J connectivity index is 2.13. The molecule has 1 aromatic heterocycles. The fourth-order valence-electron chi connectivity index (χ4n) is 1.44. The number of nitrogens with zero attached hydrogens (tertiary/aromatic N) is 2. The Bertz CT molecular complexity index is 572. The molecule has 0 saturated carbocycles. The van der Waals surface area contributed by atoms with Gasteiger partial charge in [-0.2, -0.15) is 0 Å². The zero-order valence-corrected chi connectivity index (χ0v) is 9.95. The molecule has 2 rings (SSSR count). The first kappa shape index (κ1) is 12.0. The molecule has 4 heteroatoms. The zero-order valence-electron chi connectivity index (χ0n) is 9.95. The Morgan fingerprint density at radius 1 is 1.17 bits per heavy atom. The summed E-state index contributed by atoms with van der Waals surface area (Å²) < 4.78 is 1.94. The summed E-state index contributed by atoms with van der Waals surface area (Å²) in [6.45, 7) is 0. The third-order valence-electron chi connectivity index (χ3n) is 2.48. The molecule has 1 heterocycles. The van der Waals surface area contributed by atoms with Crippen LogP contribution in [0.25, 0.3) is 0 Å². The van der Waals surface area contributed by atoms with E-state index in [0.29, 0.717) is 0 Å². The topological polar surface area (TPSA) is 53.5 Å². The van der Waals surface area contributed by atoms with Crippen LogP contribution in [0.15, 0.2) is 53.8 Å². The number of benzene rings is 1. The van der Waals surface area contributed by atoms with Crippen molar-refractivity contribution in [1.82, 2.24) is 0 Å². The molecule has 90 valence electrons. The highest BCUT2D eigenvalue weighted by molar-refractivity contribution is 5.88. The molecule has 0 fully saturated rings. The molecule has 0 amide bonds. The molecule has 0 aliphatic heterocycles. The summed E-state index contributed by atoms with van der Waals surface area (Å²) in [7, 11) is 1.95. The minimum atomic E-state index is -0.930. The maximum atomic E-state index is 10.7. The van der Waals surface area contributed by atoms with Crippen LogP contribution in [-0.2, 0) is 7.05 Å². The number of pyridine rings is 1. The molecular weight excluding hydrogens is 228 g/mol. The van der Waals surface area contributed by atoms with Gasteiger partial charge in [0.25, 0.3) is 0 Å². The van der Waals surface area contributed by atoms with Crippen molar-refractivity contribution in [2.45, 2.75) is 0 Å². The third-order valence-corrected chi connectivity index (χ3v) is 2.48. The largest absolute Gasteiger partial charge is 0.478 e.